The first-order chi connectivity index (χ1) is 9.20. The van der Waals surface area contributed by atoms with Gasteiger partial charge in [0.25, 0.3) is 0 Å². The number of aromatic nitrogens is 2. The van der Waals surface area contributed by atoms with E-state index in [9.17, 15) is 0 Å². The Labute approximate surface area is 119 Å². The Balaban J connectivity index is 2.10. The van der Waals surface area contributed by atoms with Gasteiger partial charge in [-0.25, -0.2) is 4.98 Å². The van der Waals surface area contributed by atoms with E-state index in [1.165, 1.54) is 11.8 Å². The average Bonchev–Trinajstić information content (AvgIpc) is 2.46. The summed E-state index contributed by atoms with van der Waals surface area (Å²) >= 11 is 7.54. The molecule has 0 bridgehead atoms. The van der Waals surface area contributed by atoms with Crippen LogP contribution in [0, 0.1) is 0 Å². The van der Waals surface area contributed by atoms with Gasteiger partial charge < -0.3 is 10.9 Å². The Bertz CT molecular complexity index is 606. The zero-order chi connectivity index (χ0) is 13.7. The standard InChI is InChI=1S/C12H11ClN4OS/c13-9-2-1-4-16-12(9)19-7-8-3-5-15-10(6-8)11(14)17-18/h1-6,18H,7H2,(H2,14,17). The van der Waals surface area contributed by atoms with Crippen LogP contribution < -0.4 is 5.73 Å². The molecule has 2 aromatic rings. The first kappa shape index (κ1) is 13.6. The van der Waals surface area contributed by atoms with Crippen LogP contribution in [0.5, 0.6) is 0 Å². The number of halogens is 1. The summed E-state index contributed by atoms with van der Waals surface area (Å²) in [6, 6.07) is 7.21. The third kappa shape index (κ3) is 3.59. The van der Waals surface area contributed by atoms with Gasteiger partial charge in [-0.05, 0) is 29.8 Å². The predicted octanol–water partition coefficient (Wildman–Crippen LogP) is 2.52. The van der Waals surface area contributed by atoms with Crippen LogP contribution in [0.4, 0.5) is 0 Å². The van der Waals surface area contributed by atoms with Crippen molar-refractivity contribution in [1.82, 2.24) is 9.97 Å². The SMILES string of the molecule is NC(=NO)c1cc(CSc2ncccc2Cl)ccn1. The molecular weight excluding hydrogens is 284 g/mol. The maximum atomic E-state index is 8.61. The van der Waals surface area contributed by atoms with Crippen LogP contribution in [0.1, 0.15) is 11.3 Å². The van der Waals surface area contributed by atoms with Crippen molar-refractivity contribution < 1.29 is 5.21 Å². The maximum absolute atomic E-state index is 8.61. The van der Waals surface area contributed by atoms with Crippen LogP contribution in [-0.4, -0.2) is 21.0 Å². The molecule has 0 unspecified atom stereocenters. The summed E-state index contributed by atoms with van der Waals surface area (Å²) in [6.45, 7) is 0. The monoisotopic (exact) mass is 294 g/mol. The molecule has 7 heteroatoms. The normalized spacial score (nSPS) is 11.5. The molecule has 19 heavy (non-hydrogen) atoms. The molecule has 0 aromatic carbocycles. The predicted molar refractivity (Wildman–Crippen MR) is 75.6 cm³/mol. The Hall–Kier alpha value is -1.79. The molecule has 3 N–H and O–H groups in total. The second-order valence-electron chi connectivity index (χ2n) is 3.61. The lowest BCUT2D eigenvalue weighted by Gasteiger charge is -2.04. The van der Waals surface area contributed by atoms with Gasteiger partial charge in [-0.2, -0.15) is 0 Å². The van der Waals surface area contributed by atoms with Crippen molar-refractivity contribution >= 4 is 29.2 Å². The Kier molecular flexibility index (Phi) is 4.59. The Morgan fingerprint density at radius 1 is 1.37 bits per heavy atom. The van der Waals surface area contributed by atoms with E-state index in [2.05, 4.69) is 15.1 Å². The lowest BCUT2D eigenvalue weighted by molar-refractivity contribution is 0.318. The third-order valence-corrected chi connectivity index (χ3v) is 3.79. The van der Waals surface area contributed by atoms with Gasteiger partial charge >= 0.3 is 0 Å². The van der Waals surface area contributed by atoms with E-state index in [4.69, 9.17) is 22.5 Å². The molecule has 2 aromatic heterocycles. The number of hydrogen-bond donors (Lipinski definition) is 2. The molecule has 98 valence electrons. The van der Waals surface area contributed by atoms with Crippen molar-refractivity contribution in [2.75, 3.05) is 0 Å². The molecule has 0 atom stereocenters. The molecule has 0 aliphatic heterocycles. The highest BCUT2D eigenvalue weighted by Crippen LogP contribution is 2.27. The smallest absolute Gasteiger partial charge is 0.188 e. The van der Waals surface area contributed by atoms with Gasteiger partial charge in [0.2, 0.25) is 0 Å². The molecule has 0 saturated carbocycles. The van der Waals surface area contributed by atoms with Gasteiger partial charge in [-0.15, -0.1) is 11.8 Å². The van der Waals surface area contributed by atoms with Crippen LogP contribution in [0.25, 0.3) is 0 Å². The Morgan fingerprint density at radius 3 is 2.95 bits per heavy atom. The second kappa shape index (κ2) is 6.40. The zero-order valence-electron chi connectivity index (χ0n) is 9.82. The maximum Gasteiger partial charge on any atom is 0.188 e. The van der Waals surface area contributed by atoms with Crippen molar-refractivity contribution in [1.29, 1.82) is 0 Å². The zero-order valence-corrected chi connectivity index (χ0v) is 11.4. The topological polar surface area (TPSA) is 84.4 Å². The van der Waals surface area contributed by atoms with E-state index in [0.29, 0.717) is 16.5 Å². The minimum atomic E-state index is -0.0114. The molecule has 5 nitrogen and oxygen atoms in total. The first-order valence-electron chi connectivity index (χ1n) is 5.37. The fourth-order valence-electron chi connectivity index (χ4n) is 1.38. The molecule has 0 radical (unpaired) electrons. The highest BCUT2D eigenvalue weighted by molar-refractivity contribution is 7.98. The molecule has 0 amide bonds. The molecule has 0 aliphatic rings. The highest BCUT2D eigenvalue weighted by Gasteiger charge is 2.05. The largest absolute Gasteiger partial charge is 0.409 e. The van der Waals surface area contributed by atoms with Crippen LogP contribution in [0.15, 0.2) is 46.8 Å². The lowest BCUT2D eigenvalue weighted by atomic mass is 10.2. The summed E-state index contributed by atoms with van der Waals surface area (Å²) < 4.78 is 0. The highest BCUT2D eigenvalue weighted by atomic mass is 35.5. The molecular formula is C12H11ClN4OS. The summed E-state index contributed by atoms with van der Waals surface area (Å²) in [5.74, 6) is 0.660. The van der Waals surface area contributed by atoms with Crippen molar-refractivity contribution in [2.45, 2.75) is 10.8 Å². The van der Waals surface area contributed by atoms with Gasteiger partial charge in [-0.3, -0.25) is 4.98 Å². The van der Waals surface area contributed by atoms with E-state index in [1.807, 2.05) is 6.07 Å². The van der Waals surface area contributed by atoms with Gasteiger partial charge in [-0.1, -0.05) is 16.8 Å². The summed E-state index contributed by atoms with van der Waals surface area (Å²) in [4.78, 5) is 8.21. The van der Waals surface area contributed by atoms with Crippen molar-refractivity contribution in [3.8, 4) is 0 Å². The van der Waals surface area contributed by atoms with Gasteiger partial charge in [0, 0.05) is 18.1 Å². The van der Waals surface area contributed by atoms with Crippen molar-refractivity contribution in [3.63, 3.8) is 0 Å². The van der Waals surface area contributed by atoms with E-state index in [1.54, 1.807) is 30.6 Å². The van der Waals surface area contributed by atoms with E-state index in [-0.39, 0.29) is 5.84 Å². The van der Waals surface area contributed by atoms with Crippen LogP contribution in [-0.2, 0) is 5.75 Å². The number of pyridine rings is 2. The first-order valence-corrected chi connectivity index (χ1v) is 6.73. The summed E-state index contributed by atoms with van der Waals surface area (Å²) in [5.41, 5.74) is 6.92. The summed E-state index contributed by atoms with van der Waals surface area (Å²) in [5, 5.41) is 12.9. The van der Waals surface area contributed by atoms with Crippen LogP contribution >= 0.6 is 23.4 Å². The Morgan fingerprint density at radius 2 is 2.21 bits per heavy atom. The second-order valence-corrected chi connectivity index (χ2v) is 4.98. The quantitative estimate of drug-likeness (QED) is 0.298. The minimum Gasteiger partial charge on any atom is -0.409 e. The molecule has 2 heterocycles. The van der Waals surface area contributed by atoms with E-state index >= 15 is 0 Å². The molecule has 0 saturated heterocycles. The molecule has 0 spiro atoms. The summed E-state index contributed by atoms with van der Waals surface area (Å²) in [6.07, 6.45) is 3.31. The average molecular weight is 295 g/mol. The van der Waals surface area contributed by atoms with Gasteiger partial charge in [0.1, 0.15) is 10.7 Å². The van der Waals surface area contributed by atoms with Gasteiger partial charge in [0.05, 0.1) is 5.02 Å². The van der Waals surface area contributed by atoms with Crippen LogP contribution in [0.3, 0.4) is 0 Å². The molecule has 0 aliphatic carbocycles. The third-order valence-electron chi connectivity index (χ3n) is 2.29. The summed E-state index contributed by atoms with van der Waals surface area (Å²) in [7, 11) is 0. The number of thioether (sulfide) groups is 1. The number of nitrogens with two attached hydrogens (primary N) is 1. The minimum absolute atomic E-state index is 0.0114. The number of amidine groups is 1. The van der Waals surface area contributed by atoms with Crippen LogP contribution in [0.2, 0.25) is 5.02 Å². The van der Waals surface area contributed by atoms with Gasteiger partial charge in [0.15, 0.2) is 5.84 Å². The molecule has 2 rings (SSSR count). The number of rotatable bonds is 4. The molecule has 0 fully saturated rings. The fourth-order valence-corrected chi connectivity index (χ4v) is 2.49. The van der Waals surface area contributed by atoms with Crippen molar-refractivity contribution in [2.24, 2.45) is 10.9 Å². The van der Waals surface area contributed by atoms with E-state index < -0.39 is 0 Å². The van der Waals surface area contributed by atoms with Crippen molar-refractivity contribution in [3.05, 3.63) is 52.9 Å². The lowest BCUT2D eigenvalue weighted by Crippen LogP contribution is -2.15. The number of nitrogens with zero attached hydrogens (tertiary/aromatic N) is 3. The van der Waals surface area contributed by atoms with E-state index in [0.717, 1.165) is 10.6 Å². The number of oxime groups is 1. The number of hydrogen-bond acceptors (Lipinski definition) is 5. The fraction of sp³-hybridized carbons (Fsp3) is 0.0833.